The van der Waals surface area contributed by atoms with E-state index in [9.17, 15) is 4.79 Å². The summed E-state index contributed by atoms with van der Waals surface area (Å²) in [6.45, 7) is 4.92. The lowest BCUT2D eigenvalue weighted by molar-refractivity contribution is -0.123. The number of hydrogen-bond donors (Lipinski definition) is 1. The lowest BCUT2D eigenvalue weighted by atomic mass is 9.90. The van der Waals surface area contributed by atoms with Gasteiger partial charge in [0.25, 0.3) is 0 Å². The fraction of sp³-hybridized carbons (Fsp3) is 0.733. The lowest BCUT2D eigenvalue weighted by Gasteiger charge is -2.15. The number of ketones is 1. The van der Waals surface area contributed by atoms with Crippen molar-refractivity contribution in [3.05, 3.63) is 18.0 Å². The minimum Gasteiger partial charge on any atom is -0.330 e. The molecule has 0 amide bonds. The van der Waals surface area contributed by atoms with Crippen LogP contribution in [-0.2, 0) is 11.2 Å². The maximum atomic E-state index is 12.3. The van der Waals surface area contributed by atoms with Gasteiger partial charge in [0.2, 0.25) is 0 Å². The van der Waals surface area contributed by atoms with E-state index in [-0.39, 0.29) is 5.92 Å². The molecule has 1 fully saturated rings. The molecule has 2 N–H and O–H groups in total. The lowest BCUT2D eigenvalue weighted by Crippen LogP contribution is -2.26. The molecule has 3 atom stereocenters. The number of carbonyl (C=O) groups is 1. The summed E-state index contributed by atoms with van der Waals surface area (Å²) in [7, 11) is 0. The van der Waals surface area contributed by atoms with Gasteiger partial charge in [0.05, 0.1) is 12.1 Å². The molecule has 2 rings (SSSR count). The highest BCUT2D eigenvalue weighted by atomic mass is 16.1. The smallest absolute Gasteiger partial charge is 0.142 e. The first-order valence-electron chi connectivity index (χ1n) is 7.42. The molecule has 0 saturated heterocycles. The van der Waals surface area contributed by atoms with E-state index < -0.39 is 0 Å². The van der Waals surface area contributed by atoms with E-state index in [1.54, 1.807) is 0 Å². The van der Waals surface area contributed by atoms with Crippen molar-refractivity contribution < 1.29 is 4.79 Å². The van der Waals surface area contributed by atoms with Gasteiger partial charge in [-0.15, -0.1) is 0 Å². The van der Waals surface area contributed by atoms with Gasteiger partial charge in [-0.3, -0.25) is 9.48 Å². The topological polar surface area (TPSA) is 60.9 Å². The Morgan fingerprint density at radius 1 is 1.58 bits per heavy atom. The highest BCUT2D eigenvalue weighted by molar-refractivity contribution is 5.83. The summed E-state index contributed by atoms with van der Waals surface area (Å²) in [6, 6.07) is 2.36. The van der Waals surface area contributed by atoms with Crippen LogP contribution < -0.4 is 5.73 Å². The summed E-state index contributed by atoms with van der Waals surface area (Å²) in [5, 5.41) is 4.51. The number of nitrogens with zero attached hydrogens (tertiary/aromatic N) is 2. The zero-order chi connectivity index (χ0) is 13.8. The van der Waals surface area contributed by atoms with Crippen LogP contribution >= 0.6 is 0 Å². The first-order valence-corrected chi connectivity index (χ1v) is 7.42. The third kappa shape index (κ3) is 3.24. The van der Waals surface area contributed by atoms with E-state index in [0.717, 1.165) is 31.4 Å². The van der Waals surface area contributed by atoms with E-state index in [2.05, 4.69) is 18.9 Å². The first kappa shape index (κ1) is 14.3. The van der Waals surface area contributed by atoms with Gasteiger partial charge in [0.15, 0.2) is 0 Å². The van der Waals surface area contributed by atoms with E-state index >= 15 is 0 Å². The normalized spacial score (nSPS) is 24.6. The van der Waals surface area contributed by atoms with Crippen LogP contribution in [0.25, 0.3) is 0 Å². The molecule has 1 aliphatic rings. The largest absolute Gasteiger partial charge is 0.330 e. The van der Waals surface area contributed by atoms with Crippen molar-refractivity contribution in [2.45, 2.75) is 52.0 Å². The third-order valence-electron chi connectivity index (χ3n) is 4.44. The van der Waals surface area contributed by atoms with Crippen molar-refractivity contribution in [2.24, 2.45) is 17.6 Å². The molecular weight excluding hydrogens is 238 g/mol. The second-order valence-electron chi connectivity index (χ2n) is 5.72. The van der Waals surface area contributed by atoms with Gasteiger partial charge in [-0.05, 0) is 44.7 Å². The molecule has 4 heteroatoms. The summed E-state index contributed by atoms with van der Waals surface area (Å²) in [4.78, 5) is 12.3. The highest BCUT2D eigenvalue weighted by Gasteiger charge is 2.31. The quantitative estimate of drug-likeness (QED) is 0.857. The SMILES string of the molecule is CCC(C)n1ccc(CC(=O)C2CCCC2CN)n1. The summed E-state index contributed by atoms with van der Waals surface area (Å²) in [5.74, 6) is 0.880. The summed E-state index contributed by atoms with van der Waals surface area (Å²) in [5.41, 5.74) is 6.64. The molecule has 1 aliphatic carbocycles. The van der Waals surface area contributed by atoms with Crippen LogP contribution in [0.15, 0.2) is 12.3 Å². The minimum absolute atomic E-state index is 0.166. The number of rotatable bonds is 6. The molecule has 1 aromatic rings. The number of carbonyl (C=O) groups excluding carboxylic acids is 1. The Bertz CT molecular complexity index is 427. The monoisotopic (exact) mass is 263 g/mol. The van der Waals surface area contributed by atoms with Crippen LogP contribution in [-0.4, -0.2) is 22.1 Å². The number of hydrogen-bond acceptors (Lipinski definition) is 3. The van der Waals surface area contributed by atoms with Gasteiger partial charge in [0.1, 0.15) is 5.78 Å². The van der Waals surface area contributed by atoms with Gasteiger partial charge >= 0.3 is 0 Å². The molecule has 1 heterocycles. The van der Waals surface area contributed by atoms with Crippen molar-refractivity contribution in [2.75, 3.05) is 6.54 Å². The molecule has 4 nitrogen and oxygen atoms in total. The van der Waals surface area contributed by atoms with Crippen LogP contribution in [0.5, 0.6) is 0 Å². The second kappa shape index (κ2) is 6.33. The van der Waals surface area contributed by atoms with Gasteiger partial charge in [0, 0.05) is 18.2 Å². The number of aromatic nitrogens is 2. The van der Waals surface area contributed by atoms with Crippen LogP contribution in [0.3, 0.4) is 0 Å². The van der Waals surface area contributed by atoms with Gasteiger partial charge < -0.3 is 5.73 Å². The molecule has 0 aromatic carbocycles. The summed E-state index contributed by atoms with van der Waals surface area (Å²) >= 11 is 0. The van der Waals surface area contributed by atoms with Crippen molar-refractivity contribution in [1.82, 2.24) is 9.78 Å². The number of nitrogens with two attached hydrogens (primary N) is 1. The first-order chi connectivity index (χ1) is 9.15. The molecular formula is C15H25N3O. The van der Waals surface area contributed by atoms with Crippen LogP contribution in [0, 0.1) is 11.8 Å². The highest BCUT2D eigenvalue weighted by Crippen LogP contribution is 2.32. The Balaban J connectivity index is 1.97. The standard InChI is InChI=1S/C15H25N3O/c1-3-11(2)18-8-7-13(17-18)9-15(19)14-6-4-5-12(14)10-16/h7-8,11-12,14H,3-6,9-10,16H2,1-2H3. The average molecular weight is 263 g/mol. The summed E-state index contributed by atoms with van der Waals surface area (Å²) < 4.78 is 1.96. The van der Waals surface area contributed by atoms with Crippen LogP contribution in [0.1, 0.15) is 51.3 Å². The molecule has 19 heavy (non-hydrogen) atoms. The minimum atomic E-state index is 0.166. The molecule has 0 bridgehead atoms. The van der Waals surface area contributed by atoms with E-state index in [4.69, 9.17) is 5.73 Å². The maximum absolute atomic E-state index is 12.3. The van der Waals surface area contributed by atoms with E-state index in [0.29, 0.717) is 30.7 Å². The van der Waals surface area contributed by atoms with E-state index in [1.165, 1.54) is 0 Å². The Hall–Kier alpha value is -1.16. The predicted octanol–water partition coefficient (Wildman–Crippen LogP) is 2.34. The number of Topliss-reactive ketones (excluding diaryl/α,β-unsaturated/α-hetero) is 1. The van der Waals surface area contributed by atoms with Gasteiger partial charge in [-0.1, -0.05) is 13.3 Å². The predicted molar refractivity (Wildman–Crippen MR) is 75.8 cm³/mol. The van der Waals surface area contributed by atoms with E-state index in [1.807, 2.05) is 16.9 Å². The zero-order valence-electron chi connectivity index (χ0n) is 12.0. The molecule has 3 unspecified atom stereocenters. The maximum Gasteiger partial charge on any atom is 0.142 e. The molecule has 106 valence electrons. The fourth-order valence-corrected chi connectivity index (χ4v) is 2.96. The van der Waals surface area contributed by atoms with Crippen molar-refractivity contribution in [3.63, 3.8) is 0 Å². The Labute approximate surface area is 115 Å². The van der Waals surface area contributed by atoms with Crippen molar-refractivity contribution in [1.29, 1.82) is 0 Å². The summed E-state index contributed by atoms with van der Waals surface area (Å²) in [6.07, 6.45) is 6.74. The molecule has 0 radical (unpaired) electrons. The second-order valence-corrected chi connectivity index (χ2v) is 5.72. The Morgan fingerprint density at radius 2 is 2.37 bits per heavy atom. The fourth-order valence-electron chi connectivity index (χ4n) is 2.96. The van der Waals surface area contributed by atoms with Crippen LogP contribution in [0.4, 0.5) is 0 Å². The van der Waals surface area contributed by atoms with Crippen molar-refractivity contribution in [3.8, 4) is 0 Å². The molecule has 0 aliphatic heterocycles. The molecule has 1 aromatic heterocycles. The molecule has 1 saturated carbocycles. The zero-order valence-corrected chi connectivity index (χ0v) is 12.0. The van der Waals surface area contributed by atoms with Crippen molar-refractivity contribution >= 4 is 5.78 Å². The Morgan fingerprint density at radius 3 is 3.05 bits per heavy atom. The van der Waals surface area contributed by atoms with Crippen LogP contribution in [0.2, 0.25) is 0 Å². The van der Waals surface area contributed by atoms with Gasteiger partial charge in [-0.2, -0.15) is 5.10 Å². The average Bonchev–Trinajstić information content (AvgIpc) is 3.05. The van der Waals surface area contributed by atoms with Gasteiger partial charge in [-0.25, -0.2) is 0 Å². The molecule has 0 spiro atoms. The third-order valence-corrected chi connectivity index (χ3v) is 4.44. The Kier molecular flexibility index (Phi) is 4.75.